The number of hydrogen-bond donors (Lipinski definition) is 2. The van der Waals surface area contributed by atoms with Gasteiger partial charge in [-0.15, -0.1) is 0 Å². The highest BCUT2D eigenvalue weighted by Gasteiger charge is 2.27. The Morgan fingerprint density at radius 1 is 1.36 bits per heavy atom. The molecule has 0 fully saturated rings. The first kappa shape index (κ1) is 18.9. The van der Waals surface area contributed by atoms with E-state index in [0.717, 1.165) is 6.07 Å². The van der Waals surface area contributed by atoms with Crippen LogP contribution < -0.4 is 4.72 Å². The molecule has 25 heavy (non-hydrogen) atoms. The maximum absolute atomic E-state index is 14.0. The molecule has 0 radical (unpaired) electrons. The van der Waals surface area contributed by atoms with Crippen molar-refractivity contribution < 1.29 is 27.4 Å². The lowest BCUT2D eigenvalue weighted by Crippen LogP contribution is -2.18. The number of aryl methyl sites for hydroxylation is 2. The molecular formula is C15H18FN3O5S. The summed E-state index contributed by atoms with van der Waals surface area (Å²) >= 11 is 0. The highest BCUT2D eigenvalue weighted by Crippen LogP contribution is 2.27. The van der Waals surface area contributed by atoms with Crippen molar-refractivity contribution in [2.45, 2.75) is 32.4 Å². The number of carbonyl (C=O) groups is 1. The summed E-state index contributed by atoms with van der Waals surface area (Å²) in [5.74, 6) is -2.59. The molecule has 0 aliphatic rings. The van der Waals surface area contributed by atoms with E-state index in [0.29, 0.717) is 11.3 Å². The lowest BCUT2D eigenvalue weighted by atomic mass is 10.1. The van der Waals surface area contributed by atoms with Crippen LogP contribution in [0, 0.1) is 26.6 Å². The molecular weight excluding hydrogens is 353 g/mol. The SMILES string of the molecule is COCn1nc(C)c(S(=O)(=O)Nc2cc(C)cc(F)c2C(=O)O)c1C. The quantitative estimate of drug-likeness (QED) is 0.804. The first-order valence-electron chi connectivity index (χ1n) is 7.17. The predicted molar refractivity (Wildman–Crippen MR) is 87.6 cm³/mol. The molecule has 0 spiro atoms. The number of aromatic nitrogens is 2. The van der Waals surface area contributed by atoms with Crippen LogP contribution in [0.4, 0.5) is 10.1 Å². The minimum absolute atomic E-state index is 0.0572. The smallest absolute Gasteiger partial charge is 0.340 e. The van der Waals surface area contributed by atoms with Crippen molar-refractivity contribution in [1.29, 1.82) is 0 Å². The van der Waals surface area contributed by atoms with Crippen molar-refractivity contribution in [2.75, 3.05) is 11.8 Å². The molecule has 0 bridgehead atoms. The Morgan fingerprint density at radius 2 is 2.00 bits per heavy atom. The normalized spacial score (nSPS) is 11.6. The van der Waals surface area contributed by atoms with Crippen LogP contribution in [0.1, 0.15) is 27.3 Å². The zero-order valence-electron chi connectivity index (χ0n) is 14.1. The van der Waals surface area contributed by atoms with Crippen molar-refractivity contribution in [3.63, 3.8) is 0 Å². The number of nitrogens with one attached hydrogen (secondary N) is 1. The molecule has 0 aliphatic carbocycles. The molecule has 2 rings (SSSR count). The Labute approximate surface area is 144 Å². The maximum Gasteiger partial charge on any atom is 0.340 e. The first-order valence-corrected chi connectivity index (χ1v) is 8.66. The van der Waals surface area contributed by atoms with Crippen LogP contribution in [0.5, 0.6) is 0 Å². The Morgan fingerprint density at radius 3 is 2.56 bits per heavy atom. The summed E-state index contributed by atoms with van der Waals surface area (Å²) in [5.41, 5.74) is -0.176. The Bertz CT molecular complexity index is 937. The molecule has 0 saturated carbocycles. The van der Waals surface area contributed by atoms with Crippen LogP contribution in [-0.4, -0.2) is 36.4 Å². The second-order valence-corrected chi connectivity index (χ2v) is 7.12. The number of nitrogens with zero attached hydrogens (tertiary/aromatic N) is 2. The van der Waals surface area contributed by atoms with E-state index in [1.807, 2.05) is 0 Å². The number of methoxy groups -OCH3 is 1. The van der Waals surface area contributed by atoms with Crippen LogP contribution in [0.3, 0.4) is 0 Å². The topological polar surface area (TPSA) is 111 Å². The van der Waals surface area contributed by atoms with Crippen molar-refractivity contribution >= 4 is 21.7 Å². The summed E-state index contributed by atoms with van der Waals surface area (Å²) in [6, 6.07) is 2.28. The molecule has 2 aromatic rings. The molecule has 10 heteroatoms. The monoisotopic (exact) mass is 371 g/mol. The minimum atomic E-state index is -4.18. The molecule has 0 unspecified atom stereocenters. The largest absolute Gasteiger partial charge is 0.478 e. The number of halogens is 1. The second kappa shape index (κ2) is 6.81. The molecule has 0 saturated heterocycles. The van der Waals surface area contributed by atoms with Crippen LogP contribution in [-0.2, 0) is 21.5 Å². The zero-order valence-corrected chi connectivity index (χ0v) is 14.9. The fourth-order valence-electron chi connectivity index (χ4n) is 2.55. The Hall–Kier alpha value is -2.46. The predicted octanol–water partition coefficient (Wildman–Crippen LogP) is 2.05. The van der Waals surface area contributed by atoms with Gasteiger partial charge in [0.1, 0.15) is 23.0 Å². The van der Waals surface area contributed by atoms with E-state index >= 15 is 0 Å². The third kappa shape index (κ3) is 3.64. The lowest BCUT2D eigenvalue weighted by Gasteiger charge is -2.12. The molecule has 8 nitrogen and oxygen atoms in total. The van der Waals surface area contributed by atoms with E-state index in [2.05, 4.69) is 9.82 Å². The van der Waals surface area contributed by atoms with Gasteiger partial charge in [-0.25, -0.2) is 22.3 Å². The summed E-state index contributed by atoms with van der Waals surface area (Å²) in [6.07, 6.45) is 0. The lowest BCUT2D eigenvalue weighted by molar-refractivity contribution is 0.0693. The molecule has 1 aromatic heterocycles. The third-order valence-electron chi connectivity index (χ3n) is 3.53. The number of carboxylic acid groups (broad SMARTS) is 1. The van der Waals surface area contributed by atoms with E-state index in [9.17, 15) is 22.7 Å². The summed E-state index contributed by atoms with van der Waals surface area (Å²) in [7, 11) is -2.74. The highest BCUT2D eigenvalue weighted by molar-refractivity contribution is 7.92. The number of aromatic carboxylic acids is 1. The molecule has 0 aliphatic heterocycles. The number of hydrogen-bond acceptors (Lipinski definition) is 5. The summed E-state index contributed by atoms with van der Waals surface area (Å²) < 4.78 is 47.9. The van der Waals surface area contributed by atoms with Gasteiger partial charge < -0.3 is 9.84 Å². The number of benzene rings is 1. The number of carboxylic acids is 1. The van der Waals surface area contributed by atoms with Crippen molar-refractivity contribution in [1.82, 2.24) is 9.78 Å². The third-order valence-corrected chi connectivity index (χ3v) is 5.14. The first-order chi connectivity index (χ1) is 11.6. The van der Waals surface area contributed by atoms with Crippen molar-refractivity contribution in [2.24, 2.45) is 0 Å². The van der Waals surface area contributed by atoms with Gasteiger partial charge in [-0.2, -0.15) is 5.10 Å². The van der Waals surface area contributed by atoms with Crippen molar-refractivity contribution in [3.05, 3.63) is 40.5 Å². The van der Waals surface area contributed by atoms with Gasteiger partial charge in [0.25, 0.3) is 10.0 Å². The highest BCUT2D eigenvalue weighted by atomic mass is 32.2. The average molecular weight is 371 g/mol. The van der Waals surface area contributed by atoms with Gasteiger partial charge in [0.05, 0.1) is 17.1 Å². The standard InChI is InChI=1S/C15H18FN3O5S/c1-8-5-11(16)13(15(20)21)12(6-8)18-25(22,23)14-9(2)17-19(7-24-4)10(14)3/h5-6,18H,7H2,1-4H3,(H,20,21). The Kier molecular flexibility index (Phi) is 5.14. The molecule has 1 heterocycles. The van der Waals surface area contributed by atoms with E-state index in [-0.39, 0.29) is 23.0 Å². The van der Waals surface area contributed by atoms with E-state index < -0.39 is 27.4 Å². The maximum atomic E-state index is 14.0. The summed E-state index contributed by atoms with van der Waals surface area (Å²) in [6.45, 7) is 4.63. The van der Waals surface area contributed by atoms with Crippen LogP contribution >= 0.6 is 0 Å². The van der Waals surface area contributed by atoms with E-state index in [1.165, 1.54) is 31.7 Å². The van der Waals surface area contributed by atoms with Crippen LogP contribution in [0.25, 0.3) is 0 Å². The van der Waals surface area contributed by atoms with Gasteiger partial charge in [0.15, 0.2) is 0 Å². The van der Waals surface area contributed by atoms with Gasteiger partial charge in [-0.3, -0.25) is 4.72 Å². The van der Waals surface area contributed by atoms with Gasteiger partial charge in [0.2, 0.25) is 0 Å². The zero-order chi connectivity index (χ0) is 18.9. The molecule has 0 atom stereocenters. The van der Waals surface area contributed by atoms with E-state index in [4.69, 9.17) is 4.74 Å². The van der Waals surface area contributed by atoms with Crippen LogP contribution in [0.2, 0.25) is 0 Å². The van der Waals surface area contributed by atoms with Gasteiger partial charge >= 0.3 is 5.97 Å². The molecule has 1 aromatic carbocycles. The average Bonchev–Trinajstić information content (AvgIpc) is 2.72. The molecule has 0 amide bonds. The number of anilines is 1. The molecule has 2 N–H and O–H groups in total. The fraction of sp³-hybridized carbons (Fsp3) is 0.333. The summed E-state index contributed by atoms with van der Waals surface area (Å²) in [5, 5.41) is 13.3. The van der Waals surface area contributed by atoms with Gasteiger partial charge in [-0.05, 0) is 38.5 Å². The fourth-order valence-corrected chi connectivity index (χ4v) is 4.03. The summed E-state index contributed by atoms with van der Waals surface area (Å²) in [4.78, 5) is 11.2. The number of rotatable bonds is 6. The van der Waals surface area contributed by atoms with Gasteiger partial charge in [0, 0.05) is 7.11 Å². The minimum Gasteiger partial charge on any atom is -0.478 e. The van der Waals surface area contributed by atoms with Gasteiger partial charge in [-0.1, -0.05) is 0 Å². The Balaban J connectivity index is 2.56. The number of ether oxygens (including phenoxy) is 1. The second-order valence-electron chi connectivity index (χ2n) is 5.50. The number of sulfonamides is 1. The van der Waals surface area contributed by atoms with E-state index in [1.54, 1.807) is 6.92 Å². The van der Waals surface area contributed by atoms with Crippen molar-refractivity contribution in [3.8, 4) is 0 Å². The van der Waals surface area contributed by atoms with Crippen LogP contribution in [0.15, 0.2) is 17.0 Å². The molecule has 136 valence electrons.